The molecule has 1 nitrogen and oxygen atoms in total. The van der Waals surface area contributed by atoms with E-state index in [-0.39, 0.29) is 0 Å². The molecule has 142 valence electrons. The highest BCUT2D eigenvalue weighted by Gasteiger charge is 2.52. The van der Waals surface area contributed by atoms with Gasteiger partial charge in [-0.25, -0.2) is 0 Å². The molecule has 5 saturated carbocycles. The molecule has 7 unspecified atom stereocenters. The molecule has 1 heteroatoms. The molecule has 0 bridgehead atoms. The Hall–Kier alpha value is -0.0400. The number of rotatable bonds is 1. The van der Waals surface area contributed by atoms with Crippen molar-refractivity contribution in [1.82, 2.24) is 0 Å². The van der Waals surface area contributed by atoms with Crippen molar-refractivity contribution >= 4 is 0 Å². The fourth-order valence-electron chi connectivity index (χ4n) is 8.85. The average molecular weight is 344 g/mol. The molecule has 5 rings (SSSR count). The van der Waals surface area contributed by atoms with E-state index in [4.69, 9.17) is 5.73 Å². The first kappa shape index (κ1) is 17.1. The Morgan fingerprint density at radius 3 is 1.80 bits per heavy atom. The van der Waals surface area contributed by atoms with Crippen molar-refractivity contribution in [2.24, 2.45) is 53.1 Å². The summed E-state index contributed by atoms with van der Waals surface area (Å²) in [6, 6.07) is 0.521. The summed E-state index contributed by atoms with van der Waals surface area (Å²) in [5.74, 6) is 8.87. The van der Waals surface area contributed by atoms with Gasteiger partial charge in [-0.1, -0.05) is 32.1 Å². The topological polar surface area (TPSA) is 26.0 Å². The van der Waals surface area contributed by atoms with Gasteiger partial charge in [0.2, 0.25) is 0 Å². The Morgan fingerprint density at radius 1 is 0.440 bits per heavy atom. The van der Waals surface area contributed by atoms with Gasteiger partial charge in [0.1, 0.15) is 0 Å². The third kappa shape index (κ3) is 3.11. The molecule has 0 aromatic carbocycles. The quantitative estimate of drug-likeness (QED) is 0.606. The van der Waals surface area contributed by atoms with Crippen LogP contribution in [0, 0.1) is 47.3 Å². The molecular weight excluding hydrogens is 302 g/mol. The molecule has 5 aliphatic rings. The highest BCUT2D eigenvalue weighted by molar-refractivity contribution is 5.02. The van der Waals surface area contributed by atoms with Crippen molar-refractivity contribution in [3.8, 4) is 0 Å². The number of hydrogen-bond acceptors (Lipinski definition) is 1. The third-order valence-corrected chi connectivity index (χ3v) is 9.83. The summed E-state index contributed by atoms with van der Waals surface area (Å²) in [6.07, 6.45) is 22.9. The second-order valence-electron chi connectivity index (χ2n) is 10.8. The summed E-state index contributed by atoms with van der Waals surface area (Å²) in [4.78, 5) is 0. The Labute approximate surface area is 155 Å². The minimum Gasteiger partial charge on any atom is -0.328 e. The first-order chi connectivity index (χ1) is 12.3. The van der Waals surface area contributed by atoms with E-state index in [2.05, 4.69) is 0 Å². The molecule has 5 aliphatic carbocycles. The van der Waals surface area contributed by atoms with Crippen molar-refractivity contribution in [3.05, 3.63) is 0 Å². The fourth-order valence-corrected chi connectivity index (χ4v) is 8.85. The van der Waals surface area contributed by atoms with Crippen LogP contribution < -0.4 is 5.73 Å². The van der Waals surface area contributed by atoms with Crippen LogP contribution in [0.15, 0.2) is 0 Å². The van der Waals surface area contributed by atoms with Crippen LogP contribution in [0.5, 0.6) is 0 Å². The maximum absolute atomic E-state index is 6.24. The summed E-state index contributed by atoms with van der Waals surface area (Å²) in [5.41, 5.74) is 6.24. The van der Waals surface area contributed by atoms with Crippen LogP contribution in [0.3, 0.4) is 0 Å². The highest BCUT2D eigenvalue weighted by atomic mass is 14.6. The van der Waals surface area contributed by atoms with Crippen molar-refractivity contribution in [2.45, 2.75) is 102 Å². The summed E-state index contributed by atoms with van der Waals surface area (Å²) in [6.45, 7) is 0. The zero-order chi connectivity index (χ0) is 16.8. The Morgan fingerprint density at radius 2 is 1.00 bits per heavy atom. The van der Waals surface area contributed by atoms with E-state index < -0.39 is 0 Å². The lowest BCUT2D eigenvalue weighted by Gasteiger charge is -2.58. The van der Waals surface area contributed by atoms with Crippen LogP contribution in [0.4, 0.5) is 0 Å². The minimum absolute atomic E-state index is 0.521. The molecule has 0 radical (unpaired) electrons. The summed E-state index contributed by atoms with van der Waals surface area (Å²) < 4.78 is 0. The van der Waals surface area contributed by atoms with E-state index in [0.29, 0.717) is 6.04 Å². The van der Waals surface area contributed by atoms with Crippen LogP contribution in [-0.4, -0.2) is 6.04 Å². The van der Waals surface area contributed by atoms with Crippen molar-refractivity contribution in [1.29, 1.82) is 0 Å². The van der Waals surface area contributed by atoms with Crippen LogP contribution in [0.1, 0.15) is 96.3 Å². The lowest BCUT2D eigenvalue weighted by atomic mass is 9.47. The zero-order valence-electron chi connectivity index (χ0n) is 16.4. The molecule has 0 aromatic heterocycles. The van der Waals surface area contributed by atoms with Gasteiger partial charge in [0.15, 0.2) is 0 Å². The minimum atomic E-state index is 0.521. The number of fused-ring (bicyclic) bond motifs is 5. The largest absolute Gasteiger partial charge is 0.328 e. The molecule has 2 N–H and O–H groups in total. The van der Waals surface area contributed by atoms with Gasteiger partial charge >= 0.3 is 0 Å². The lowest BCUT2D eigenvalue weighted by Crippen LogP contribution is -2.51. The maximum Gasteiger partial charge on any atom is 0.00390 e. The standard InChI is InChI=1S/C24H41N/c25-19-13-11-17(12-14-19)23-15-18-10-9-16-5-1-2-6-20(16)24(18)22-8-4-3-7-21(22)23/h16-24H,1-15,25H2. The number of hydrogen-bond donors (Lipinski definition) is 1. The second kappa shape index (κ2) is 7.17. The summed E-state index contributed by atoms with van der Waals surface area (Å²) >= 11 is 0. The third-order valence-electron chi connectivity index (χ3n) is 9.83. The van der Waals surface area contributed by atoms with Crippen LogP contribution in [0.25, 0.3) is 0 Å². The number of nitrogens with two attached hydrogens (primary N) is 1. The van der Waals surface area contributed by atoms with Gasteiger partial charge in [0, 0.05) is 6.04 Å². The van der Waals surface area contributed by atoms with Gasteiger partial charge < -0.3 is 5.73 Å². The van der Waals surface area contributed by atoms with Gasteiger partial charge in [0.25, 0.3) is 0 Å². The summed E-state index contributed by atoms with van der Waals surface area (Å²) in [7, 11) is 0. The van der Waals surface area contributed by atoms with E-state index in [9.17, 15) is 0 Å². The van der Waals surface area contributed by atoms with E-state index in [1.807, 2.05) is 0 Å². The van der Waals surface area contributed by atoms with Gasteiger partial charge in [-0.05, 0) is 112 Å². The van der Waals surface area contributed by atoms with Gasteiger partial charge in [-0.3, -0.25) is 0 Å². The Bertz CT molecular complexity index is 451. The van der Waals surface area contributed by atoms with Crippen molar-refractivity contribution < 1.29 is 0 Å². The molecule has 25 heavy (non-hydrogen) atoms. The predicted molar refractivity (Wildman–Crippen MR) is 105 cm³/mol. The molecule has 0 saturated heterocycles. The molecule has 0 amide bonds. The van der Waals surface area contributed by atoms with Crippen molar-refractivity contribution in [2.75, 3.05) is 0 Å². The van der Waals surface area contributed by atoms with E-state index >= 15 is 0 Å². The van der Waals surface area contributed by atoms with Crippen LogP contribution in [0.2, 0.25) is 0 Å². The molecule has 0 aromatic rings. The molecule has 0 spiro atoms. The van der Waals surface area contributed by atoms with E-state index in [0.717, 1.165) is 47.3 Å². The molecule has 7 atom stereocenters. The first-order valence-electron chi connectivity index (χ1n) is 12.1. The Kier molecular flexibility index (Phi) is 4.90. The molecule has 0 aliphatic heterocycles. The normalized spacial score (nSPS) is 53.4. The maximum atomic E-state index is 6.24. The monoisotopic (exact) mass is 343 g/mol. The fraction of sp³-hybridized carbons (Fsp3) is 1.00. The van der Waals surface area contributed by atoms with E-state index in [1.54, 1.807) is 57.8 Å². The van der Waals surface area contributed by atoms with Gasteiger partial charge in [-0.2, -0.15) is 0 Å². The highest BCUT2D eigenvalue weighted by Crippen LogP contribution is 2.61. The smallest absolute Gasteiger partial charge is 0.00390 e. The van der Waals surface area contributed by atoms with Gasteiger partial charge in [0.05, 0.1) is 0 Å². The zero-order valence-corrected chi connectivity index (χ0v) is 16.4. The average Bonchev–Trinajstić information content (AvgIpc) is 2.67. The molecular formula is C24H41N. The SMILES string of the molecule is NC1CCC(C2CC3CCC4CCCCC4C3C3CCCCC23)CC1. The first-order valence-corrected chi connectivity index (χ1v) is 12.1. The molecule has 0 heterocycles. The lowest BCUT2D eigenvalue weighted by molar-refractivity contribution is -0.0918. The van der Waals surface area contributed by atoms with Gasteiger partial charge in [-0.15, -0.1) is 0 Å². The second-order valence-corrected chi connectivity index (χ2v) is 10.8. The van der Waals surface area contributed by atoms with Crippen LogP contribution >= 0.6 is 0 Å². The molecule has 5 fully saturated rings. The predicted octanol–water partition coefficient (Wildman–Crippen LogP) is 6.16. The van der Waals surface area contributed by atoms with Crippen LogP contribution in [-0.2, 0) is 0 Å². The summed E-state index contributed by atoms with van der Waals surface area (Å²) in [5, 5.41) is 0. The Balaban J connectivity index is 1.38. The van der Waals surface area contributed by atoms with Crippen molar-refractivity contribution in [3.63, 3.8) is 0 Å². The van der Waals surface area contributed by atoms with E-state index in [1.165, 1.54) is 38.5 Å².